The van der Waals surface area contributed by atoms with Gasteiger partial charge >= 0.3 is 5.69 Å². The van der Waals surface area contributed by atoms with Crippen LogP contribution in [0, 0.1) is 0 Å². The third kappa shape index (κ3) is 3.15. The van der Waals surface area contributed by atoms with Crippen molar-refractivity contribution in [2.45, 2.75) is 30.7 Å². The van der Waals surface area contributed by atoms with E-state index in [2.05, 4.69) is 14.7 Å². The highest BCUT2D eigenvalue weighted by Gasteiger charge is 2.27. The van der Waals surface area contributed by atoms with Crippen LogP contribution in [0.4, 0.5) is 0 Å². The number of H-pyrrole nitrogens is 2. The fourth-order valence-electron chi connectivity index (χ4n) is 2.74. The van der Waals surface area contributed by atoms with Crippen LogP contribution in [0.15, 0.2) is 27.9 Å². The number of aromatic nitrogens is 2. The lowest BCUT2D eigenvalue weighted by Crippen LogP contribution is -2.45. The lowest BCUT2D eigenvalue weighted by atomic mass is 10.3. The molecule has 1 unspecified atom stereocenters. The summed E-state index contributed by atoms with van der Waals surface area (Å²) in [4.78, 5) is 30.2. The minimum Gasteiger partial charge on any atom is -0.341 e. The van der Waals surface area contributed by atoms with Crippen molar-refractivity contribution in [3.63, 3.8) is 0 Å². The molecule has 9 heteroatoms. The molecule has 1 aromatic heterocycles. The molecule has 0 saturated carbocycles. The van der Waals surface area contributed by atoms with E-state index in [1.54, 1.807) is 4.90 Å². The second kappa shape index (κ2) is 5.82. The predicted octanol–water partition coefficient (Wildman–Crippen LogP) is 0.145. The molecule has 1 aliphatic heterocycles. The number of hydrogen-bond acceptors (Lipinski definition) is 4. The van der Waals surface area contributed by atoms with Crippen LogP contribution in [0.25, 0.3) is 11.0 Å². The number of fused-ring (bicyclic) bond motifs is 1. The standard InChI is InChI=1S/C14H18N4O4S/c1-9(13(19)18-6-2-3-7-18)17-23(21,22)10-4-5-11-12(8-10)16-14(20)15-11/h4-5,8-9,17H,2-3,6-7H2,1H3,(H2,15,16,20). The molecule has 8 nitrogen and oxygen atoms in total. The molecule has 1 saturated heterocycles. The van der Waals surface area contributed by atoms with E-state index < -0.39 is 21.8 Å². The minimum atomic E-state index is -3.85. The maximum absolute atomic E-state index is 12.4. The number of nitrogens with one attached hydrogen (secondary N) is 3. The van der Waals surface area contributed by atoms with Crippen LogP contribution < -0.4 is 10.4 Å². The summed E-state index contributed by atoms with van der Waals surface area (Å²) in [6.45, 7) is 2.87. The fraction of sp³-hybridized carbons (Fsp3) is 0.429. The van der Waals surface area contributed by atoms with Gasteiger partial charge in [-0.15, -0.1) is 0 Å². The normalized spacial score (nSPS) is 16.8. The maximum atomic E-state index is 12.4. The van der Waals surface area contributed by atoms with Crippen LogP contribution in [-0.4, -0.2) is 48.3 Å². The first kappa shape index (κ1) is 15.8. The van der Waals surface area contributed by atoms with Crippen LogP contribution in [0.5, 0.6) is 0 Å². The van der Waals surface area contributed by atoms with Gasteiger partial charge in [-0.25, -0.2) is 13.2 Å². The van der Waals surface area contributed by atoms with Gasteiger partial charge in [-0.1, -0.05) is 0 Å². The van der Waals surface area contributed by atoms with Crippen molar-refractivity contribution in [3.05, 3.63) is 28.7 Å². The van der Waals surface area contributed by atoms with E-state index in [0.29, 0.717) is 24.1 Å². The predicted molar refractivity (Wildman–Crippen MR) is 84.5 cm³/mol. The molecule has 1 aromatic carbocycles. The van der Waals surface area contributed by atoms with Crippen LogP contribution in [0.1, 0.15) is 19.8 Å². The lowest BCUT2D eigenvalue weighted by molar-refractivity contribution is -0.131. The number of benzene rings is 1. The Bertz CT molecular complexity index is 893. The first-order valence-electron chi connectivity index (χ1n) is 7.40. The molecule has 1 fully saturated rings. The average molecular weight is 338 g/mol. The molecule has 23 heavy (non-hydrogen) atoms. The molecule has 2 aromatic rings. The summed E-state index contributed by atoms with van der Waals surface area (Å²) in [6, 6.07) is 3.43. The Labute approximate surface area is 132 Å². The summed E-state index contributed by atoms with van der Waals surface area (Å²) in [5.74, 6) is -0.220. The van der Waals surface area contributed by atoms with Crippen LogP contribution >= 0.6 is 0 Å². The van der Waals surface area contributed by atoms with E-state index in [4.69, 9.17) is 0 Å². The molecular weight excluding hydrogens is 320 g/mol. The monoisotopic (exact) mass is 338 g/mol. The number of carbonyl (C=O) groups excluding carboxylic acids is 1. The summed E-state index contributed by atoms with van der Waals surface area (Å²) in [5.41, 5.74) is 0.520. The number of aromatic amines is 2. The second-order valence-corrected chi connectivity index (χ2v) is 7.38. The molecule has 1 atom stereocenters. The van der Waals surface area contributed by atoms with Gasteiger partial charge in [-0.2, -0.15) is 4.72 Å². The van der Waals surface area contributed by atoms with Gasteiger partial charge in [0.15, 0.2) is 0 Å². The van der Waals surface area contributed by atoms with Gasteiger partial charge in [0.25, 0.3) is 0 Å². The molecule has 0 aliphatic carbocycles. The Kier molecular flexibility index (Phi) is 3.99. The van der Waals surface area contributed by atoms with Crippen molar-refractivity contribution in [2.24, 2.45) is 0 Å². The molecule has 1 aliphatic rings. The van der Waals surface area contributed by atoms with E-state index >= 15 is 0 Å². The lowest BCUT2D eigenvalue weighted by Gasteiger charge is -2.21. The highest BCUT2D eigenvalue weighted by Crippen LogP contribution is 2.16. The SMILES string of the molecule is CC(NS(=O)(=O)c1ccc2[nH]c(=O)[nH]c2c1)C(=O)N1CCCC1. The number of amides is 1. The summed E-state index contributed by atoms with van der Waals surface area (Å²) >= 11 is 0. The molecule has 3 N–H and O–H groups in total. The highest BCUT2D eigenvalue weighted by atomic mass is 32.2. The van der Waals surface area contributed by atoms with Gasteiger partial charge in [0.05, 0.1) is 22.0 Å². The quantitative estimate of drug-likeness (QED) is 0.736. The van der Waals surface area contributed by atoms with Gasteiger partial charge in [-0.3, -0.25) is 4.79 Å². The molecule has 124 valence electrons. The Morgan fingerprint density at radius 2 is 1.87 bits per heavy atom. The number of sulfonamides is 1. The number of imidazole rings is 1. The topological polar surface area (TPSA) is 115 Å². The average Bonchev–Trinajstić information content (AvgIpc) is 3.13. The van der Waals surface area contributed by atoms with Crippen LogP contribution in [-0.2, 0) is 14.8 Å². The van der Waals surface area contributed by atoms with E-state index in [1.165, 1.54) is 25.1 Å². The van der Waals surface area contributed by atoms with Crippen LogP contribution in [0.3, 0.4) is 0 Å². The van der Waals surface area contributed by atoms with Gasteiger partial charge in [0.1, 0.15) is 0 Å². The number of rotatable bonds is 4. The van der Waals surface area contributed by atoms with Gasteiger partial charge in [0.2, 0.25) is 15.9 Å². The third-order valence-corrected chi connectivity index (χ3v) is 5.46. The van der Waals surface area contributed by atoms with Gasteiger partial charge in [0, 0.05) is 13.1 Å². The Morgan fingerprint density at radius 3 is 2.57 bits per heavy atom. The van der Waals surface area contributed by atoms with Crippen molar-refractivity contribution in [3.8, 4) is 0 Å². The zero-order chi connectivity index (χ0) is 16.6. The summed E-state index contributed by atoms with van der Waals surface area (Å²) in [5, 5.41) is 0. The fourth-order valence-corrected chi connectivity index (χ4v) is 3.96. The Hall–Kier alpha value is -2.13. The largest absolute Gasteiger partial charge is 0.341 e. The molecule has 0 bridgehead atoms. The summed E-state index contributed by atoms with van der Waals surface area (Å²) in [6.07, 6.45) is 1.89. The zero-order valence-electron chi connectivity index (χ0n) is 12.6. The maximum Gasteiger partial charge on any atom is 0.323 e. The second-order valence-electron chi connectivity index (χ2n) is 5.66. The van der Waals surface area contributed by atoms with E-state index in [9.17, 15) is 18.0 Å². The van der Waals surface area contributed by atoms with Crippen molar-refractivity contribution < 1.29 is 13.2 Å². The van der Waals surface area contributed by atoms with Gasteiger partial charge < -0.3 is 14.9 Å². The first-order chi connectivity index (χ1) is 10.9. The van der Waals surface area contributed by atoms with Gasteiger partial charge in [-0.05, 0) is 38.0 Å². The molecule has 1 amide bonds. The first-order valence-corrected chi connectivity index (χ1v) is 8.88. The Morgan fingerprint density at radius 1 is 1.22 bits per heavy atom. The molecule has 0 spiro atoms. The third-order valence-electron chi connectivity index (χ3n) is 3.92. The summed E-state index contributed by atoms with van der Waals surface area (Å²) in [7, 11) is -3.85. The van der Waals surface area contributed by atoms with Crippen LogP contribution in [0.2, 0.25) is 0 Å². The molecular formula is C14H18N4O4S. The highest BCUT2D eigenvalue weighted by molar-refractivity contribution is 7.89. The molecule has 2 heterocycles. The smallest absolute Gasteiger partial charge is 0.323 e. The number of carbonyl (C=O) groups is 1. The van der Waals surface area contributed by atoms with E-state index in [-0.39, 0.29) is 10.8 Å². The number of nitrogens with zero attached hydrogens (tertiary/aromatic N) is 1. The summed E-state index contributed by atoms with van der Waals surface area (Å²) < 4.78 is 27.3. The van der Waals surface area contributed by atoms with Crippen molar-refractivity contribution in [2.75, 3.05) is 13.1 Å². The number of hydrogen-bond donors (Lipinski definition) is 3. The van der Waals surface area contributed by atoms with Crippen molar-refractivity contribution in [1.82, 2.24) is 19.6 Å². The zero-order valence-corrected chi connectivity index (χ0v) is 13.4. The molecule has 3 rings (SSSR count). The number of likely N-dealkylation sites (tertiary alicyclic amines) is 1. The van der Waals surface area contributed by atoms with Crippen molar-refractivity contribution >= 4 is 27.0 Å². The van der Waals surface area contributed by atoms with E-state index in [1.807, 2.05) is 0 Å². The van der Waals surface area contributed by atoms with Crippen molar-refractivity contribution in [1.29, 1.82) is 0 Å². The Balaban J connectivity index is 1.81. The molecule has 0 radical (unpaired) electrons. The van der Waals surface area contributed by atoms with E-state index in [0.717, 1.165) is 12.8 Å². The minimum absolute atomic E-state index is 0.00122.